The summed E-state index contributed by atoms with van der Waals surface area (Å²) in [6.45, 7) is 3.45. The molecule has 8 nitrogen and oxygen atoms in total. The Labute approximate surface area is 111 Å². The SMILES string of the molecule is C[C@H](NC(=O)[C@@H]1CCCN1)C(=O)N[C@@H](C)P(=O)(O)O. The molecule has 9 heteroatoms. The monoisotopic (exact) mass is 293 g/mol. The first-order valence-corrected chi connectivity index (χ1v) is 7.79. The zero-order chi connectivity index (χ0) is 14.6. The van der Waals surface area contributed by atoms with Crippen LogP contribution in [0.25, 0.3) is 0 Å². The average Bonchev–Trinajstić information content (AvgIpc) is 2.80. The molecule has 0 radical (unpaired) electrons. The van der Waals surface area contributed by atoms with Gasteiger partial charge in [-0.25, -0.2) is 0 Å². The van der Waals surface area contributed by atoms with Crippen molar-refractivity contribution in [2.45, 2.75) is 44.6 Å². The van der Waals surface area contributed by atoms with Crippen molar-refractivity contribution >= 4 is 19.4 Å². The van der Waals surface area contributed by atoms with Gasteiger partial charge in [0.2, 0.25) is 11.8 Å². The molecule has 1 heterocycles. The van der Waals surface area contributed by atoms with Gasteiger partial charge in [-0.2, -0.15) is 0 Å². The lowest BCUT2D eigenvalue weighted by Gasteiger charge is -2.20. The maximum atomic E-state index is 11.7. The van der Waals surface area contributed by atoms with Crippen molar-refractivity contribution in [2.24, 2.45) is 0 Å². The van der Waals surface area contributed by atoms with Crippen LogP contribution in [0.4, 0.5) is 0 Å². The zero-order valence-corrected chi connectivity index (χ0v) is 11.8. The highest BCUT2D eigenvalue weighted by Crippen LogP contribution is 2.39. The third-order valence-electron chi connectivity index (χ3n) is 2.98. The van der Waals surface area contributed by atoms with Crippen molar-refractivity contribution < 1.29 is 23.9 Å². The van der Waals surface area contributed by atoms with Gasteiger partial charge in [0, 0.05) is 0 Å². The van der Waals surface area contributed by atoms with E-state index in [0.717, 1.165) is 19.4 Å². The van der Waals surface area contributed by atoms with Gasteiger partial charge in [-0.1, -0.05) is 0 Å². The summed E-state index contributed by atoms with van der Waals surface area (Å²) in [7, 11) is -4.36. The molecule has 0 unspecified atom stereocenters. The lowest BCUT2D eigenvalue weighted by molar-refractivity contribution is -0.129. The van der Waals surface area contributed by atoms with Gasteiger partial charge in [0.1, 0.15) is 11.8 Å². The number of hydrogen-bond acceptors (Lipinski definition) is 4. The molecule has 110 valence electrons. The molecule has 1 saturated heterocycles. The molecule has 0 bridgehead atoms. The largest absolute Gasteiger partial charge is 0.347 e. The van der Waals surface area contributed by atoms with E-state index in [9.17, 15) is 14.2 Å². The summed E-state index contributed by atoms with van der Waals surface area (Å²) >= 11 is 0. The second-order valence-corrected chi connectivity index (χ2v) is 6.61. The number of rotatable bonds is 5. The highest BCUT2D eigenvalue weighted by molar-refractivity contribution is 7.52. The van der Waals surface area contributed by atoms with Crippen LogP contribution < -0.4 is 16.0 Å². The van der Waals surface area contributed by atoms with E-state index in [2.05, 4.69) is 16.0 Å². The van der Waals surface area contributed by atoms with Gasteiger partial charge in [-0.3, -0.25) is 14.2 Å². The molecule has 0 aliphatic carbocycles. The van der Waals surface area contributed by atoms with Gasteiger partial charge in [0.25, 0.3) is 0 Å². The van der Waals surface area contributed by atoms with E-state index >= 15 is 0 Å². The molecule has 5 N–H and O–H groups in total. The second-order valence-electron chi connectivity index (χ2n) is 4.65. The summed E-state index contributed by atoms with van der Waals surface area (Å²) in [6, 6.07) is -1.14. The fourth-order valence-electron chi connectivity index (χ4n) is 1.70. The number of carbonyl (C=O) groups excluding carboxylic acids is 2. The quantitative estimate of drug-likeness (QED) is 0.409. The fraction of sp³-hybridized carbons (Fsp3) is 0.800. The van der Waals surface area contributed by atoms with E-state index in [4.69, 9.17) is 9.79 Å². The fourth-order valence-corrected chi connectivity index (χ4v) is 2.00. The number of amides is 2. The van der Waals surface area contributed by atoms with Gasteiger partial charge >= 0.3 is 7.60 Å². The van der Waals surface area contributed by atoms with Crippen molar-refractivity contribution in [3.63, 3.8) is 0 Å². The van der Waals surface area contributed by atoms with Gasteiger partial charge < -0.3 is 25.7 Å². The van der Waals surface area contributed by atoms with E-state index in [0.29, 0.717) is 0 Å². The molecule has 19 heavy (non-hydrogen) atoms. The van der Waals surface area contributed by atoms with Gasteiger partial charge in [-0.05, 0) is 33.2 Å². The summed E-state index contributed by atoms with van der Waals surface area (Å²) in [5.74, 6) is -2.17. The predicted molar refractivity (Wildman–Crippen MR) is 68.3 cm³/mol. The Morgan fingerprint density at radius 1 is 1.32 bits per heavy atom. The summed E-state index contributed by atoms with van der Waals surface area (Å²) < 4.78 is 10.9. The number of nitrogens with one attached hydrogen (secondary N) is 3. The van der Waals surface area contributed by atoms with E-state index in [1.165, 1.54) is 13.8 Å². The lowest BCUT2D eigenvalue weighted by Crippen LogP contribution is -2.51. The molecular formula is C10H20N3O5P. The highest BCUT2D eigenvalue weighted by Gasteiger charge is 2.29. The Bertz CT molecular complexity index is 391. The maximum absolute atomic E-state index is 11.7. The number of hydrogen-bond donors (Lipinski definition) is 5. The van der Waals surface area contributed by atoms with Crippen LogP contribution in [0.2, 0.25) is 0 Å². The Kier molecular flexibility index (Phi) is 5.49. The molecule has 0 aromatic rings. The highest BCUT2D eigenvalue weighted by atomic mass is 31.2. The van der Waals surface area contributed by atoms with E-state index in [-0.39, 0.29) is 11.9 Å². The van der Waals surface area contributed by atoms with Crippen molar-refractivity contribution in [3.8, 4) is 0 Å². The lowest BCUT2D eigenvalue weighted by atomic mass is 10.2. The number of carbonyl (C=O) groups is 2. The first-order chi connectivity index (χ1) is 8.71. The smallest absolute Gasteiger partial charge is 0.343 e. The van der Waals surface area contributed by atoms with Crippen LogP contribution >= 0.6 is 7.60 Å². The first-order valence-electron chi connectivity index (χ1n) is 6.11. The predicted octanol–water partition coefficient (Wildman–Crippen LogP) is -1.12. The second kappa shape index (κ2) is 6.47. The first kappa shape index (κ1) is 16.1. The van der Waals surface area contributed by atoms with Gasteiger partial charge in [-0.15, -0.1) is 0 Å². The molecule has 1 fully saturated rings. The third kappa shape index (κ3) is 4.91. The summed E-state index contributed by atoms with van der Waals surface area (Å²) in [4.78, 5) is 41.1. The van der Waals surface area contributed by atoms with Crippen LogP contribution in [0.15, 0.2) is 0 Å². The zero-order valence-electron chi connectivity index (χ0n) is 10.9. The Balaban J connectivity index is 2.44. The van der Waals surface area contributed by atoms with Crippen LogP contribution in [0.1, 0.15) is 26.7 Å². The molecule has 0 aromatic heterocycles. The van der Waals surface area contributed by atoms with Crippen molar-refractivity contribution in [2.75, 3.05) is 6.54 Å². The van der Waals surface area contributed by atoms with Crippen LogP contribution in [-0.4, -0.2) is 46.0 Å². The molecule has 0 spiro atoms. The Morgan fingerprint density at radius 2 is 1.95 bits per heavy atom. The molecular weight excluding hydrogens is 273 g/mol. The van der Waals surface area contributed by atoms with Crippen molar-refractivity contribution in [3.05, 3.63) is 0 Å². The van der Waals surface area contributed by atoms with Crippen LogP contribution in [0, 0.1) is 0 Å². The summed E-state index contributed by atoms with van der Waals surface area (Å²) in [5.41, 5.74) is 0. The molecule has 0 saturated carbocycles. The van der Waals surface area contributed by atoms with E-state index in [1.54, 1.807) is 0 Å². The molecule has 1 aliphatic heterocycles. The average molecular weight is 293 g/mol. The normalized spacial score (nSPS) is 22.6. The van der Waals surface area contributed by atoms with Crippen molar-refractivity contribution in [1.29, 1.82) is 0 Å². The van der Waals surface area contributed by atoms with Crippen LogP contribution in [-0.2, 0) is 14.2 Å². The molecule has 2 amide bonds. The Hall–Kier alpha value is -0.950. The molecule has 1 rings (SSSR count). The minimum atomic E-state index is -4.36. The molecule has 1 aliphatic rings. The van der Waals surface area contributed by atoms with Gasteiger partial charge in [0.05, 0.1) is 6.04 Å². The maximum Gasteiger partial charge on any atom is 0.347 e. The van der Waals surface area contributed by atoms with Crippen LogP contribution in [0.3, 0.4) is 0 Å². The van der Waals surface area contributed by atoms with Crippen LogP contribution in [0.5, 0.6) is 0 Å². The van der Waals surface area contributed by atoms with Gasteiger partial charge in [0.15, 0.2) is 0 Å². The summed E-state index contributed by atoms with van der Waals surface area (Å²) in [6.07, 6.45) is 1.63. The minimum Gasteiger partial charge on any atom is -0.343 e. The summed E-state index contributed by atoms with van der Waals surface area (Å²) in [5, 5.41) is 7.69. The topological polar surface area (TPSA) is 128 Å². The van der Waals surface area contributed by atoms with E-state index < -0.39 is 25.3 Å². The van der Waals surface area contributed by atoms with E-state index in [1.807, 2.05) is 0 Å². The van der Waals surface area contributed by atoms with Crippen molar-refractivity contribution in [1.82, 2.24) is 16.0 Å². The molecule has 3 atom stereocenters. The standard InChI is InChI=1S/C10H20N3O5P/c1-6(9(14)13-7(2)19(16,17)18)12-10(15)8-4-3-5-11-8/h6-8,11H,3-5H2,1-2H3,(H,12,15)(H,13,14)(H2,16,17,18)/t6-,7+,8-/m0/s1. The third-order valence-corrected chi connectivity index (χ3v) is 4.12. The Morgan fingerprint density at radius 3 is 2.42 bits per heavy atom. The minimum absolute atomic E-state index is 0.274. The molecule has 0 aromatic carbocycles.